The van der Waals surface area contributed by atoms with Gasteiger partial charge in [0, 0.05) is 6.54 Å². The molecular weight excluding hydrogens is 429 g/mol. The first-order valence-electron chi connectivity index (χ1n) is 11.7. The first-order chi connectivity index (χ1) is 14.3. The molecule has 0 radical (unpaired) electrons. The van der Waals surface area contributed by atoms with Gasteiger partial charge in [-0.3, -0.25) is 9.35 Å². The minimum absolute atomic E-state index is 0. The Bertz CT molecular complexity index is 556. The van der Waals surface area contributed by atoms with E-state index >= 15 is 0 Å². The smallest absolute Gasteiger partial charge is 0.549 e. The van der Waals surface area contributed by atoms with E-state index in [-0.39, 0.29) is 29.6 Å². The van der Waals surface area contributed by atoms with Gasteiger partial charge in [-0.2, -0.15) is 8.42 Å². The van der Waals surface area contributed by atoms with Crippen molar-refractivity contribution in [1.82, 2.24) is 5.32 Å². The fraction of sp³-hybridized carbons (Fsp3) is 0.909. The predicted molar refractivity (Wildman–Crippen MR) is 118 cm³/mol. The summed E-state index contributed by atoms with van der Waals surface area (Å²) in [5.74, 6) is -2.70. The van der Waals surface area contributed by atoms with E-state index in [1.54, 1.807) is 0 Å². The van der Waals surface area contributed by atoms with Crippen LogP contribution in [0.25, 0.3) is 0 Å². The number of aliphatic carboxylic acids is 1. The van der Waals surface area contributed by atoms with Crippen LogP contribution in [0.15, 0.2) is 0 Å². The Balaban J connectivity index is 0. The van der Waals surface area contributed by atoms with E-state index in [0.717, 1.165) is 19.3 Å². The molecule has 31 heavy (non-hydrogen) atoms. The van der Waals surface area contributed by atoms with Crippen LogP contribution >= 0.6 is 0 Å². The molecule has 0 aliphatic rings. The number of carbonyl (C=O) groups excluding carboxylic acids is 2. The van der Waals surface area contributed by atoms with E-state index in [4.69, 9.17) is 4.55 Å². The topological polar surface area (TPSA) is 124 Å². The van der Waals surface area contributed by atoms with Crippen LogP contribution in [-0.4, -0.2) is 36.6 Å². The van der Waals surface area contributed by atoms with Gasteiger partial charge in [-0.15, -0.1) is 0 Å². The molecule has 178 valence electrons. The molecular formula is C22H42NNaO6S. The molecule has 7 nitrogen and oxygen atoms in total. The van der Waals surface area contributed by atoms with Crippen molar-refractivity contribution in [1.29, 1.82) is 0 Å². The Kier molecular flexibility index (Phi) is 23.1. The molecule has 0 aromatic rings. The van der Waals surface area contributed by atoms with E-state index in [2.05, 4.69) is 12.2 Å². The van der Waals surface area contributed by atoms with Crippen LogP contribution in [0.4, 0.5) is 0 Å². The summed E-state index contributed by atoms with van der Waals surface area (Å²) in [5, 5.41) is 10.9. The maximum atomic E-state index is 11.6. The number of carboxylic acids is 1. The molecule has 0 fully saturated rings. The van der Waals surface area contributed by atoms with Crippen LogP contribution in [0.5, 0.6) is 0 Å². The van der Waals surface area contributed by atoms with E-state index in [0.29, 0.717) is 6.54 Å². The first kappa shape index (κ1) is 33.0. The number of rotatable bonds is 21. The summed E-state index contributed by atoms with van der Waals surface area (Å²) in [6.07, 6.45) is 19.2. The molecule has 0 rings (SSSR count). The first-order valence-corrected chi connectivity index (χ1v) is 13.2. The van der Waals surface area contributed by atoms with Gasteiger partial charge in [0.15, 0.2) is 0 Å². The fourth-order valence-electron chi connectivity index (χ4n) is 3.45. The molecule has 1 atom stereocenters. The summed E-state index contributed by atoms with van der Waals surface area (Å²) in [5.41, 5.74) is 0. The quantitative estimate of drug-likeness (QED) is 0.145. The number of carbonyl (C=O) groups is 2. The van der Waals surface area contributed by atoms with Crippen molar-refractivity contribution in [2.45, 2.75) is 121 Å². The van der Waals surface area contributed by atoms with Crippen molar-refractivity contribution in [3.8, 4) is 0 Å². The number of carboxylic acid groups (broad SMARTS) is 1. The third-order valence-electron chi connectivity index (χ3n) is 5.35. The van der Waals surface area contributed by atoms with Gasteiger partial charge in [-0.05, 0) is 6.42 Å². The van der Waals surface area contributed by atoms with Gasteiger partial charge in [0.05, 0.1) is 12.4 Å². The van der Waals surface area contributed by atoms with Gasteiger partial charge >= 0.3 is 29.6 Å². The Hall–Kier alpha value is -0.150. The van der Waals surface area contributed by atoms with E-state index < -0.39 is 33.7 Å². The molecule has 1 unspecified atom stereocenters. The van der Waals surface area contributed by atoms with Crippen molar-refractivity contribution in [3.63, 3.8) is 0 Å². The van der Waals surface area contributed by atoms with E-state index in [1.165, 1.54) is 83.5 Å². The standard InChI is InChI=1S/C22H43NO6S.Na/c1-2-3-4-5-6-7-8-9-10-11-12-13-14-15-16-17-18-23-21(24)19-20(22(25)26)30(27,28)29;/h20H,2-19H2,1H3,(H,23,24)(H,25,26)(H,27,28,29);/q;+1/p-1. The minimum atomic E-state index is -4.84. The Morgan fingerprint density at radius 1 is 0.774 bits per heavy atom. The molecule has 9 heteroatoms. The Morgan fingerprint density at radius 2 is 1.13 bits per heavy atom. The maximum absolute atomic E-state index is 11.6. The second kappa shape index (κ2) is 21.7. The Morgan fingerprint density at radius 3 is 1.45 bits per heavy atom. The number of hydrogen-bond donors (Lipinski definition) is 2. The molecule has 2 N–H and O–H groups in total. The van der Waals surface area contributed by atoms with Crippen molar-refractivity contribution < 1.29 is 57.2 Å². The van der Waals surface area contributed by atoms with Crippen LogP contribution in [0.2, 0.25) is 0 Å². The number of amides is 1. The summed E-state index contributed by atoms with van der Waals surface area (Å²) in [7, 11) is -4.84. The SMILES string of the molecule is CCCCCCCCCCCCCCCCCCNC(=O)CC(C(=O)[O-])S(=O)(=O)O.[Na+]. The number of nitrogens with one attached hydrogen (secondary N) is 1. The third kappa shape index (κ3) is 21.5. The van der Waals surface area contributed by atoms with Crippen LogP contribution in [0.1, 0.15) is 116 Å². The molecule has 0 saturated carbocycles. The summed E-state index contributed by atoms with van der Waals surface area (Å²) in [4.78, 5) is 22.3. The predicted octanol–water partition coefficient (Wildman–Crippen LogP) is 0.765. The molecule has 1 amide bonds. The largest absolute Gasteiger partial charge is 1.00 e. The Labute approximate surface area is 211 Å². The molecule has 0 spiro atoms. The van der Waals surface area contributed by atoms with Crippen molar-refractivity contribution in [3.05, 3.63) is 0 Å². The number of unbranched alkanes of at least 4 members (excludes halogenated alkanes) is 15. The zero-order valence-electron chi connectivity index (χ0n) is 19.7. The molecule has 0 aromatic carbocycles. The normalized spacial score (nSPS) is 12.2. The molecule has 0 aliphatic heterocycles. The average Bonchev–Trinajstić information content (AvgIpc) is 2.67. The monoisotopic (exact) mass is 471 g/mol. The summed E-state index contributed by atoms with van der Waals surface area (Å²) < 4.78 is 30.6. The zero-order valence-corrected chi connectivity index (χ0v) is 22.5. The zero-order chi connectivity index (χ0) is 22.7. The summed E-state index contributed by atoms with van der Waals surface area (Å²) >= 11 is 0. The summed E-state index contributed by atoms with van der Waals surface area (Å²) in [6.45, 7) is 2.61. The van der Waals surface area contributed by atoms with Gasteiger partial charge in [0.1, 0.15) is 5.25 Å². The van der Waals surface area contributed by atoms with Gasteiger partial charge < -0.3 is 15.2 Å². The molecule has 0 heterocycles. The third-order valence-corrected chi connectivity index (χ3v) is 6.42. The van der Waals surface area contributed by atoms with Gasteiger partial charge in [0.2, 0.25) is 5.91 Å². The van der Waals surface area contributed by atoms with Crippen molar-refractivity contribution >= 4 is 22.0 Å². The van der Waals surface area contributed by atoms with E-state index in [1.807, 2.05) is 0 Å². The second-order valence-electron chi connectivity index (χ2n) is 8.18. The van der Waals surface area contributed by atoms with Crippen LogP contribution in [0, 0.1) is 0 Å². The number of hydrogen-bond acceptors (Lipinski definition) is 5. The van der Waals surface area contributed by atoms with Gasteiger partial charge in [-0.1, -0.05) is 103 Å². The molecule has 0 saturated heterocycles. The van der Waals surface area contributed by atoms with Crippen LogP contribution in [0.3, 0.4) is 0 Å². The molecule has 0 aromatic heterocycles. The van der Waals surface area contributed by atoms with Gasteiger partial charge in [-0.25, -0.2) is 0 Å². The van der Waals surface area contributed by atoms with Gasteiger partial charge in [0.25, 0.3) is 10.1 Å². The minimum Gasteiger partial charge on any atom is -0.549 e. The van der Waals surface area contributed by atoms with Crippen LogP contribution in [-0.2, 0) is 19.7 Å². The van der Waals surface area contributed by atoms with Crippen LogP contribution < -0.4 is 40.0 Å². The second-order valence-corrected chi connectivity index (χ2v) is 9.78. The van der Waals surface area contributed by atoms with E-state index in [9.17, 15) is 23.1 Å². The molecule has 0 bridgehead atoms. The summed E-state index contributed by atoms with van der Waals surface area (Å²) in [6, 6.07) is 0. The van der Waals surface area contributed by atoms with Crippen molar-refractivity contribution in [2.24, 2.45) is 0 Å². The average molecular weight is 472 g/mol. The van der Waals surface area contributed by atoms with Crippen molar-refractivity contribution in [2.75, 3.05) is 6.54 Å². The maximum Gasteiger partial charge on any atom is 1.00 e. The molecule has 0 aliphatic carbocycles. The fourth-order valence-corrected chi connectivity index (χ4v) is 4.06.